The number of aliphatic hydroxyl groups excluding tert-OH is 1. The Balaban J connectivity index is 1.99. The van der Waals surface area contributed by atoms with E-state index < -0.39 is 0 Å². The zero-order valence-corrected chi connectivity index (χ0v) is 13.8. The van der Waals surface area contributed by atoms with Crippen LogP contribution in [-0.4, -0.2) is 14.7 Å². The molecule has 3 aromatic rings. The maximum absolute atomic E-state index is 13.2. The first-order valence-corrected chi connectivity index (χ1v) is 8.25. The highest BCUT2D eigenvalue weighted by atomic mass is 32.2. The number of halogens is 2. The van der Waals surface area contributed by atoms with E-state index in [1.54, 1.807) is 30.5 Å². The van der Waals surface area contributed by atoms with E-state index in [1.165, 1.54) is 36.0 Å². The molecule has 1 N–H and O–H groups in total. The molecule has 6 heteroatoms. The maximum atomic E-state index is 13.2. The van der Waals surface area contributed by atoms with E-state index in [4.69, 9.17) is 0 Å². The molecule has 124 valence electrons. The van der Waals surface area contributed by atoms with Crippen LogP contribution in [0.5, 0.6) is 0 Å². The summed E-state index contributed by atoms with van der Waals surface area (Å²) in [5, 5.41) is 9.86. The van der Waals surface area contributed by atoms with E-state index in [0.717, 1.165) is 16.3 Å². The second kappa shape index (κ2) is 7.15. The molecule has 0 fully saturated rings. The molecule has 2 aromatic carbocycles. The Labute approximate surface area is 143 Å². The monoisotopic (exact) mass is 346 g/mol. The highest BCUT2D eigenvalue weighted by Crippen LogP contribution is 2.40. The van der Waals surface area contributed by atoms with Crippen LogP contribution in [0.2, 0.25) is 0 Å². The summed E-state index contributed by atoms with van der Waals surface area (Å²) in [7, 11) is 1.83. The van der Waals surface area contributed by atoms with Crippen LogP contribution >= 0.6 is 11.8 Å². The van der Waals surface area contributed by atoms with Gasteiger partial charge in [0.2, 0.25) is 0 Å². The molecule has 1 aromatic heterocycles. The van der Waals surface area contributed by atoms with E-state index in [1.807, 2.05) is 11.6 Å². The summed E-state index contributed by atoms with van der Waals surface area (Å²) in [6, 6.07) is 12.5. The topological polar surface area (TPSA) is 38.0 Å². The van der Waals surface area contributed by atoms with Crippen LogP contribution < -0.4 is 0 Å². The van der Waals surface area contributed by atoms with Crippen LogP contribution in [0.1, 0.15) is 22.1 Å². The number of imidazole rings is 1. The predicted molar refractivity (Wildman–Crippen MR) is 89.6 cm³/mol. The molecule has 3 nitrogen and oxygen atoms in total. The summed E-state index contributed by atoms with van der Waals surface area (Å²) >= 11 is 1.47. The fourth-order valence-electron chi connectivity index (χ4n) is 2.39. The molecule has 0 aliphatic carbocycles. The van der Waals surface area contributed by atoms with Crippen molar-refractivity contribution in [1.82, 2.24) is 9.55 Å². The van der Waals surface area contributed by atoms with Gasteiger partial charge in [0.15, 0.2) is 5.16 Å². The fourth-order valence-corrected chi connectivity index (χ4v) is 3.58. The third kappa shape index (κ3) is 3.49. The molecule has 24 heavy (non-hydrogen) atoms. The van der Waals surface area contributed by atoms with Gasteiger partial charge in [-0.2, -0.15) is 0 Å². The van der Waals surface area contributed by atoms with Gasteiger partial charge in [-0.25, -0.2) is 13.8 Å². The zero-order chi connectivity index (χ0) is 17.1. The first kappa shape index (κ1) is 16.7. The quantitative estimate of drug-likeness (QED) is 0.708. The molecule has 0 spiro atoms. The lowest BCUT2D eigenvalue weighted by molar-refractivity contribution is 0.271. The second-order valence-electron chi connectivity index (χ2n) is 5.35. The van der Waals surface area contributed by atoms with Gasteiger partial charge in [0.25, 0.3) is 0 Å². The molecule has 0 saturated heterocycles. The lowest BCUT2D eigenvalue weighted by Crippen LogP contribution is -2.02. The van der Waals surface area contributed by atoms with Crippen LogP contribution in [0.4, 0.5) is 8.78 Å². The van der Waals surface area contributed by atoms with Gasteiger partial charge >= 0.3 is 0 Å². The van der Waals surface area contributed by atoms with Gasteiger partial charge in [-0.15, -0.1) is 0 Å². The molecule has 1 heterocycles. The Hall–Kier alpha value is -2.18. The number of hydrogen-bond acceptors (Lipinski definition) is 3. The Morgan fingerprint density at radius 2 is 1.50 bits per heavy atom. The van der Waals surface area contributed by atoms with Gasteiger partial charge in [0.1, 0.15) is 11.6 Å². The average Bonchev–Trinajstić information content (AvgIpc) is 2.94. The summed E-state index contributed by atoms with van der Waals surface area (Å²) in [4.78, 5) is 4.33. The summed E-state index contributed by atoms with van der Waals surface area (Å²) in [5.41, 5.74) is 2.48. The van der Waals surface area contributed by atoms with Crippen molar-refractivity contribution in [3.63, 3.8) is 0 Å². The standard InChI is InChI=1S/C18H16F2N2OS/c1-22-16(11-23)10-21-18(22)24-17(12-2-6-14(19)7-3-12)13-4-8-15(20)9-5-13/h2-10,17,23H,11H2,1H3. The number of aliphatic hydroxyl groups is 1. The number of hydrogen-bond donors (Lipinski definition) is 1. The lowest BCUT2D eigenvalue weighted by Gasteiger charge is -2.17. The first-order valence-electron chi connectivity index (χ1n) is 7.37. The Kier molecular flexibility index (Phi) is 4.97. The second-order valence-corrected chi connectivity index (χ2v) is 6.42. The van der Waals surface area contributed by atoms with Crippen LogP contribution in [0.25, 0.3) is 0 Å². The predicted octanol–water partition coefficient (Wildman–Crippen LogP) is 4.07. The molecule has 3 rings (SSSR count). The van der Waals surface area contributed by atoms with Crippen molar-refractivity contribution in [3.8, 4) is 0 Å². The van der Waals surface area contributed by atoms with Crippen molar-refractivity contribution in [2.45, 2.75) is 17.0 Å². The van der Waals surface area contributed by atoms with E-state index in [-0.39, 0.29) is 23.5 Å². The minimum atomic E-state index is -0.304. The fraction of sp³-hybridized carbons (Fsp3) is 0.167. The molecule has 0 bridgehead atoms. The number of rotatable bonds is 5. The summed E-state index contributed by atoms with van der Waals surface area (Å²) in [6.07, 6.45) is 1.62. The molecule has 0 atom stereocenters. The average molecular weight is 346 g/mol. The van der Waals surface area contributed by atoms with Gasteiger partial charge in [0, 0.05) is 7.05 Å². The molecular formula is C18H16F2N2OS. The molecular weight excluding hydrogens is 330 g/mol. The SMILES string of the molecule is Cn1c(CO)cnc1SC(c1ccc(F)cc1)c1ccc(F)cc1. The summed E-state index contributed by atoms with van der Waals surface area (Å²) < 4.78 is 28.3. The molecule has 0 aliphatic rings. The van der Waals surface area contributed by atoms with Crippen molar-refractivity contribution in [1.29, 1.82) is 0 Å². The minimum Gasteiger partial charge on any atom is -0.390 e. The third-order valence-electron chi connectivity index (χ3n) is 3.77. The van der Waals surface area contributed by atoms with Gasteiger partial charge in [-0.3, -0.25) is 0 Å². The van der Waals surface area contributed by atoms with E-state index in [9.17, 15) is 13.9 Å². The Morgan fingerprint density at radius 1 is 1.00 bits per heavy atom. The Bertz CT molecular complexity index is 771. The molecule has 0 amide bonds. The van der Waals surface area contributed by atoms with Crippen LogP contribution in [0.15, 0.2) is 59.9 Å². The highest BCUT2D eigenvalue weighted by molar-refractivity contribution is 7.99. The van der Waals surface area contributed by atoms with Crippen LogP contribution in [0.3, 0.4) is 0 Å². The van der Waals surface area contributed by atoms with Crippen LogP contribution in [0, 0.1) is 11.6 Å². The van der Waals surface area contributed by atoms with Crippen molar-refractivity contribution in [3.05, 3.63) is 83.2 Å². The van der Waals surface area contributed by atoms with E-state index in [2.05, 4.69) is 4.98 Å². The smallest absolute Gasteiger partial charge is 0.168 e. The molecule has 0 saturated carbocycles. The van der Waals surface area contributed by atoms with E-state index in [0.29, 0.717) is 5.69 Å². The largest absolute Gasteiger partial charge is 0.390 e. The third-order valence-corrected chi connectivity index (χ3v) is 5.14. The van der Waals surface area contributed by atoms with Crippen molar-refractivity contribution >= 4 is 11.8 Å². The molecule has 0 radical (unpaired) electrons. The maximum Gasteiger partial charge on any atom is 0.168 e. The summed E-state index contributed by atoms with van der Waals surface area (Å²) in [5.74, 6) is -0.609. The minimum absolute atomic E-state index is 0.0954. The zero-order valence-electron chi connectivity index (χ0n) is 13.0. The molecule has 0 aliphatic heterocycles. The van der Waals surface area contributed by atoms with Gasteiger partial charge in [-0.1, -0.05) is 36.0 Å². The number of benzene rings is 2. The number of aromatic nitrogens is 2. The number of nitrogens with zero attached hydrogens (tertiary/aromatic N) is 2. The van der Waals surface area contributed by atoms with Crippen molar-refractivity contribution in [2.75, 3.05) is 0 Å². The highest BCUT2D eigenvalue weighted by Gasteiger charge is 2.19. The molecule has 0 unspecified atom stereocenters. The lowest BCUT2D eigenvalue weighted by atomic mass is 10.0. The van der Waals surface area contributed by atoms with Crippen molar-refractivity contribution < 1.29 is 13.9 Å². The first-order chi connectivity index (χ1) is 11.6. The Morgan fingerprint density at radius 3 is 1.92 bits per heavy atom. The van der Waals surface area contributed by atoms with Crippen molar-refractivity contribution in [2.24, 2.45) is 7.05 Å². The normalized spacial score (nSPS) is 11.2. The van der Waals surface area contributed by atoms with Gasteiger partial charge in [-0.05, 0) is 35.4 Å². The van der Waals surface area contributed by atoms with Crippen LogP contribution in [-0.2, 0) is 13.7 Å². The van der Waals surface area contributed by atoms with Gasteiger partial charge in [0.05, 0.1) is 23.7 Å². The number of thioether (sulfide) groups is 1. The summed E-state index contributed by atoms with van der Waals surface area (Å²) in [6.45, 7) is -0.0954. The van der Waals surface area contributed by atoms with Gasteiger partial charge < -0.3 is 9.67 Å². The van der Waals surface area contributed by atoms with E-state index >= 15 is 0 Å².